The Bertz CT molecular complexity index is 1430. The maximum atomic E-state index is 11.1. The number of aryl methyl sites for hydroxylation is 1. The lowest BCUT2D eigenvalue weighted by Crippen LogP contribution is -1.92. The van der Waals surface area contributed by atoms with Crippen LogP contribution in [0.25, 0.3) is 43.8 Å². The van der Waals surface area contributed by atoms with Crippen LogP contribution in [0, 0.1) is 6.92 Å². The van der Waals surface area contributed by atoms with Gasteiger partial charge in [-0.05, 0) is 51.7 Å². The molecule has 0 fully saturated rings. The summed E-state index contributed by atoms with van der Waals surface area (Å²) < 4.78 is 0. The monoisotopic (exact) mass is 392 g/mol. The summed E-state index contributed by atoms with van der Waals surface area (Å²) >= 11 is 0. The van der Waals surface area contributed by atoms with Crippen LogP contribution >= 0.6 is 0 Å². The molecule has 5 aromatic rings. The molecule has 0 atom stereocenters. The quantitative estimate of drug-likeness (QED) is 0.311. The molecule has 0 saturated heterocycles. The normalized spacial score (nSPS) is 11.2. The van der Waals surface area contributed by atoms with Gasteiger partial charge < -0.3 is 15.3 Å². The van der Waals surface area contributed by atoms with Crippen LogP contribution in [-0.2, 0) is 0 Å². The fourth-order valence-corrected chi connectivity index (χ4v) is 4.22. The van der Waals surface area contributed by atoms with Crippen molar-refractivity contribution in [3.05, 3.63) is 90.5 Å². The van der Waals surface area contributed by atoms with E-state index in [1.165, 1.54) is 0 Å². The number of rotatable bonds is 2. The van der Waals surface area contributed by atoms with Crippen molar-refractivity contribution in [1.29, 1.82) is 0 Å². The average molecular weight is 392 g/mol. The van der Waals surface area contributed by atoms with Crippen molar-refractivity contribution in [2.24, 2.45) is 0 Å². The molecule has 3 nitrogen and oxygen atoms in total. The second-order valence-electron chi connectivity index (χ2n) is 7.52. The highest BCUT2D eigenvalue weighted by molar-refractivity contribution is 6.09. The number of benzene rings is 5. The molecule has 5 aromatic carbocycles. The van der Waals surface area contributed by atoms with E-state index in [1.807, 2.05) is 79.7 Å². The third-order valence-corrected chi connectivity index (χ3v) is 5.71. The molecule has 0 unspecified atom stereocenters. The molecule has 0 spiro atoms. The number of hydrogen-bond acceptors (Lipinski definition) is 3. The van der Waals surface area contributed by atoms with Gasteiger partial charge in [0.25, 0.3) is 0 Å². The summed E-state index contributed by atoms with van der Waals surface area (Å²) in [4.78, 5) is 0. The minimum atomic E-state index is 0.0792. The Labute approximate surface area is 174 Å². The van der Waals surface area contributed by atoms with Gasteiger partial charge in [0.15, 0.2) is 0 Å². The summed E-state index contributed by atoms with van der Waals surface area (Å²) in [6.07, 6.45) is 0. The van der Waals surface area contributed by atoms with Crippen molar-refractivity contribution in [1.82, 2.24) is 0 Å². The highest BCUT2D eigenvalue weighted by Crippen LogP contribution is 2.49. The van der Waals surface area contributed by atoms with Crippen LogP contribution < -0.4 is 0 Å². The second kappa shape index (κ2) is 6.82. The van der Waals surface area contributed by atoms with Crippen molar-refractivity contribution in [2.75, 3.05) is 0 Å². The smallest absolute Gasteiger partial charge is 0.127 e. The molecule has 3 heteroatoms. The molecular formula is C27H20O3. The topological polar surface area (TPSA) is 60.7 Å². The van der Waals surface area contributed by atoms with Gasteiger partial charge in [-0.15, -0.1) is 0 Å². The highest BCUT2D eigenvalue weighted by atomic mass is 16.3. The maximum absolute atomic E-state index is 11.1. The zero-order valence-electron chi connectivity index (χ0n) is 16.4. The third-order valence-electron chi connectivity index (χ3n) is 5.71. The van der Waals surface area contributed by atoms with E-state index in [0.29, 0.717) is 27.8 Å². The van der Waals surface area contributed by atoms with Gasteiger partial charge >= 0.3 is 0 Å². The Morgan fingerprint density at radius 1 is 0.500 bits per heavy atom. The van der Waals surface area contributed by atoms with Gasteiger partial charge in [0.1, 0.15) is 17.2 Å². The van der Waals surface area contributed by atoms with Gasteiger partial charge in [0.2, 0.25) is 0 Å². The van der Waals surface area contributed by atoms with Gasteiger partial charge in [-0.3, -0.25) is 0 Å². The lowest BCUT2D eigenvalue weighted by atomic mass is 9.86. The zero-order valence-corrected chi connectivity index (χ0v) is 16.4. The second-order valence-corrected chi connectivity index (χ2v) is 7.52. The van der Waals surface area contributed by atoms with E-state index in [0.717, 1.165) is 21.5 Å². The Kier molecular flexibility index (Phi) is 4.11. The Balaban J connectivity index is 1.96. The minimum absolute atomic E-state index is 0.0792. The van der Waals surface area contributed by atoms with Crippen molar-refractivity contribution < 1.29 is 15.3 Å². The van der Waals surface area contributed by atoms with Crippen LogP contribution in [0.3, 0.4) is 0 Å². The van der Waals surface area contributed by atoms with E-state index >= 15 is 0 Å². The molecule has 0 radical (unpaired) electrons. The molecular weight excluding hydrogens is 372 g/mol. The molecule has 5 rings (SSSR count). The molecule has 0 bridgehead atoms. The first-order chi connectivity index (χ1) is 14.6. The van der Waals surface area contributed by atoms with Crippen LogP contribution in [0.5, 0.6) is 17.2 Å². The molecule has 146 valence electrons. The fraction of sp³-hybridized carbons (Fsp3) is 0.0370. The number of fused-ring (bicyclic) bond motifs is 2. The molecule has 3 N–H and O–H groups in total. The first-order valence-corrected chi connectivity index (χ1v) is 9.81. The molecule has 0 amide bonds. The van der Waals surface area contributed by atoms with E-state index in [9.17, 15) is 15.3 Å². The van der Waals surface area contributed by atoms with Gasteiger partial charge in [0, 0.05) is 16.7 Å². The average Bonchev–Trinajstić information content (AvgIpc) is 2.76. The standard InChI is InChI=1S/C27H20O3/c1-16-10-13-21(24-19-8-4-2-6-17(19)11-14-22(24)28)26(27(16)30)25-20-9-5-3-7-18(20)12-15-23(25)29/h2-15,28-30H,1H3. The van der Waals surface area contributed by atoms with E-state index in [-0.39, 0.29) is 17.2 Å². The summed E-state index contributed by atoms with van der Waals surface area (Å²) in [5.74, 6) is 0.292. The molecule has 0 aliphatic carbocycles. The van der Waals surface area contributed by atoms with E-state index < -0.39 is 0 Å². The molecule has 0 aliphatic heterocycles. The highest BCUT2D eigenvalue weighted by Gasteiger charge is 2.22. The number of aromatic hydroxyl groups is 3. The van der Waals surface area contributed by atoms with Crippen molar-refractivity contribution >= 4 is 21.5 Å². The van der Waals surface area contributed by atoms with Crippen LogP contribution in [-0.4, -0.2) is 15.3 Å². The lowest BCUT2D eigenvalue weighted by Gasteiger charge is -2.19. The third kappa shape index (κ3) is 2.67. The van der Waals surface area contributed by atoms with Crippen molar-refractivity contribution in [3.8, 4) is 39.5 Å². The molecule has 0 heterocycles. The number of phenolic OH excluding ortho intramolecular Hbond substituents is 3. The van der Waals surface area contributed by atoms with Gasteiger partial charge in [0.05, 0.1) is 0 Å². The van der Waals surface area contributed by atoms with Crippen LogP contribution in [0.2, 0.25) is 0 Å². The zero-order chi connectivity index (χ0) is 20.8. The number of hydrogen-bond donors (Lipinski definition) is 3. The predicted molar refractivity (Wildman–Crippen MR) is 122 cm³/mol. The largest absolute Gasteiger partial charge is 0.507 e. The van der Waals surface area contributed by atoms with Crippen molar-refractivity contribution in [2.45, 2.75) is 6.92 Å². The first-order valence-electron chi connectivity index (χ1n) is 9.81. The minimum Gasteiger partial charge on any atom is -0.507 e. The molecule has 0 aliphatic rings. The fourth-order valence-electron chi connectivity index (χ4n) is 4.22. The SMILES string of the molecule is Cc1ccc(-c2c(O)ccc3ccccc23)c(-c2c(O)ccc3ccccc23)c1O. The van der Waals surface area contributed by atoms with E-state index in [1.54, 1.807) is 12.1 Å². The molecule has 0 saturated carbocycles. The van der Waals surface area contributed by atoms with Crippen molar-refractivity contribution in [3.63, 3.8) is 0 Å². The Morgan fingerprint density at radius 3 is 1.67 bits per heavy atom. The van der Waals surface area contributed by atoms with Gasteiger partial charge in [-0.1, -0.05) is 72.8 Å². The number of phenols is 3. The molecule has 30 heavy (non-hydrogen) atoms. The van der Waals surface area contributed by atoms with Crippen LogP contribution in [0.15, 0.2) is 84.9 Å². The Hall–Kier alpha value is -3.98. The summed E-state index contributed by atoms with van der Waals surface area (Å²) in [5, 5.41) is 36.5. The summed E-state index contributed by atoms with van der Waals surface area (Å²) in [6, 6.07) is 26.3. The lowest BCUT2D eigenvalue weighted by molar-refractivity contribution is 0.467. The summed E-state index contributed by atoms with van der Waals surface area (Å²) in [7, 11) is 0. The predicted octanol–water partition coefficient (Wildman–Crippen LogP) is 6.75. The van der Waals surface area contributed by atoms with E-state index in [4.69, 9.17) is 0 Å². The van der Waals surface area contributed by atoms with Gasteiger partial charge in [-0.2, -0.15) is 0 Å². The summed E-state index contributed by atoms with van der Waals surface area (Å²) in [5.41, 5.74) is 3.05. The van der Waals surface area contributed by atoms with Crippen LogP contribution in [0.1, 0.15) is 5.56 Å². The Morgan fingerprint density at radius 2 is 1.03 bits per heavy atom. The maximum Gasteiger partial charge on any atom is 0.127 e. The summed E-state index contributed by atoms with van der Waals surface area (Å²) in [6.45, 7) is 1.83. The van der Waals surface area contributed by atoms with E-state index in [2.05, 4.69) is 0 Å². The molecule has 0 aromatic heterocycles. The first kappa shape index (κ1) is 18.1. The van der Waals surface area contributed by atoms with Crippen LogP contribution in [0.4, 0.5) is 0 Å². The van der Waals surface area contributed by atoms with Gasteiger partial charge in [-0.25, -0.2) is 0 Å².